The van der Waals surface area contributed by atoms with Gasteiger partial charge in [-0.2, -0.15) is 0 Å². The van der Waals surface area contributed by atoms with E-state index in [4.69, 9.17) is 14.2 Å². The van der Waals surface area contributed by atoms with E-state index in [2.05, 4.69) is 15.5 Å². The monoisotopic (exact) mass is 316 g/mol. The molecule has 21 heavy (non-hydrogen) atoms. The van der Waals surface area contributed by atoms with E-state index in [-0.39, 0.29) is 12.1 Å². The third kappa shape index (κ3) is 4.26. The third-order valence-corrected chi connectivity index (χ3v) is 4.02. The number of nitrogens with zero attached hydrogens (tertiary/aromatic N) is 3. The first-order valence-corrected chi connectivity index (χ1v) is 7.58. The summed E-state index contributed by atoms with van der Waals surface area (Å²) < 4.78 is 16.2. The van der Waals surface area contributed by atoms with Crippen LogP contribution in [0.4, 0.5) is 9.93 Å². The molecule has 9 heteroatoms. The maximum atomic E-state index is 12.2. The number of ether oxygens (including phenoxy) is 3. The molecule has 0 aromatic carbocycles. The highest BCUT2D eigenvalue weighted by atomic mass is 32.1. The van der Waals surface area contributed by atoms with Crippen LogP contribution in [0.5, 0.6) is 5.19 Å². The van der Waals surface area contributed by atoms with Crippen LogP contribution in [-0.4, -0.2) is 60.8 Å². The quantitative estimate of drug-likeness (QED) is 0.907. The minimum atomic E-state index is -0.410. The molecule has 1 saturated heterocycles. The summed E-state index contributed by atoms with van der Waals surface area (Å²) in [7, 11) is 3.19. The smallest absolute Gasteiger partial charge is 0.323 e. The molecule has 2 rings (SSSR count). The normalized spacial score (nSPS) is 17.9. The molecule has 2 amide bonds. The van der Waals surface area contributed by atoms with Crippen LogP contribution in [0.25, 0.3) is 0 Å². The Labute approximate surface area is 127 Å². The Kier molecular flexibility index (Phi) is 5.71. The number of carbonyl (C=O) groups excluding carboxylic acids is 1. The Morgan fingerprint density at radius 1 is 1.43 bits per heavy atom. The number of rotatable bonds is 4. The summed E-state index contributed by atoms with van der Waals surface area (Å²) in [4.78, 5) is 13.7. The van der Waals surface area contributed by atoms with E-state index < -0.39 is 6.29 Å². The highest BCUT2D eigenvalue weighted by Gasteiger charge is 2.27. The van der Waals surface area contributed by atoms with E-state index in [1.807, 2.05) is 6.92 Å². The van der Waals surface area contributed by atoms with Crippen molar-refractivity contribution in [2.45, 2.75) is 32.1 Å². The zero-order valence-corrected chi connectivity index (χ0v) is 13.2. The molecule has 1 aliphatic heterocycles. The molecule has 0 aliphatic carbocycles. The lowest BCUT2D eigenvalue weighted by molar-refractivity contribution is -0.153. The first-order valence-electron chi connectivity index (χ1n) is 6.76. The Morgan fingerprint density at radius 2 is 2.10 bits per heavy atom. The van der Waals surface area contributed by atoms with Crippen molar-refractivity contribution in [3.8, 4) is 5.19 Å². The lowest BCUT2D eigenvalue weighted by Gasteiger charge is -2.30. The standard InChI is InChI=1S/C12H20N4O4S/c1-8(9-19-6-4-5-7-20-9)16(2)11(17)13-10-14-15-12(18-3)21-10/h8-9H,4-7H2,1-3H3,(H,13,14,17). The van der Waals surface area contributed by atoms with Gasteiger partial charge in [0.05, 0.1) is 13.2 Å². The summed E-state index contributed by atoms with van der Waals surface area (Å²) >= 11 is 1.16. The van der Waals surface area contributed by atoms with Crippen LogP contribution >= 0.6 is 11.3 Å². The van der Waals surface area contributed by atoms with Crippen LogP contribution in [-0.2, 0) is 9.47 Å². The van der Waals surface area contributed by atoms with Gasteiger partial charge < -0.3 is 19.1 Å². The fraction of sp³-hybridized carbons (Fsp3) is 0.750. The molecule has 1 atom stereocenters. The molecule has 0 saturated carbocycles. The number of carbonyl (C=O) groups is 1. The van der Waals surface area contributed by atoms with Crippen molar-refractivity contribution < 1.29 is 19.0 Å². The predicted octanol–water partition coefficient (Wildman–Crippen LogP) is 1.55. The van der Waals surface area contributed by atoms with Gasteiger partial charge in [-0.25, -0.2) is 4.79 Å². The number of likely N-dealkylation sites (N-methyl/N-ethyl adjacent to an activating group) is 1. The SMILES string of the molecule is COc1nnc(NC(=O)N(C)C(C)C2OCCCCO2)s1. The molecule has 118 valence electrons. The van der Waals surface area contributed by atoms with Crippen LogP contribution < -0.4 is 10.1 Å². The molecule has 1 unspecified atom stereocenters. The molecule has 1 N–H and O–H groups in total. The van der Waals surface area contributed by atoms with Gasteiger partial charge in [0.1, 0.15) is 0 Å². The van der Waals surface area contributed by atoms with Crippen molar-refractivity contribution in [3.63, 3.8) is 0 Å². The molecular formula is C12H20N4O4S. The van der Waals surface area contributed by atoms with Gasteiger partial charge in [-0.3, -0.25) is 5.32 Å². The van der Waals surface area contributed by atoms with Crippen molar-refractivity contribution in [2.24, 2.45) is 0 Å². The van der Waals surface area contributed by atoms with Crippen LogP contribution in [0.2, 0.25) is 0 Å². The number of anilines is 1. The number of methoxy groups -OCH3 is 1. The van der Waals surface area contributed by atoms with Crippen molar-refractivity contribution in [1.82, 2.24) is 15.1 Å². The maximum Gasteiger partial charge on any atom is 0.323 e. The average molecular weight is 316 g/mol. The summed E-state index contributed by atoms with van der Waals surface area (Å²) in [5.41, 5.74) is 0. The number of urea groups is 1. The van der Waals surface area contributed by atoms with E-state index in [0.717, 1.165) is 24.2 Å². The van der Waals surface area contributed by atoms with E-state index in [9.17, 15) is 4.79 Å². The minimum absolute atomic E-state index is 0.210. The van der Waals surface area contributed by atoms with E-state index >= 15 is 0 Å². The Morgan fingerprint density at radius 3 is 2.67 bits per heavy atom. The zero-order chi connectivity index (χ0) is 15.2. The Bertz CT molecular complexity index is 462. The van der Waals surface area contributed by atoms with Gasteiger partial charge in [-0.15, -0.1) is 5.10 Å². The fourth-order valence-electron chi connectivity index (χ4n) is 1.82. The Hall–Kier alpha value is -1.45. The van der Waals surface area contributed by atoms with Gasteiger partial charge in [-0.1, -0.05) is 5.10 Å². The van der Waals surface area contributed by atoms with Crippen LogP contribution in [0, 0.1) is 0 Å². The largest absolute Gasteiger partial charge is 0.472 e. The maximum absolute atomic E-state index is 12.2. The highest BCUT2D eigenvalue weighted by Crippen LogP contribution is 2.22. The van der Waals surface area contributed by atoms with E-state index in [1.54, 1.807) is 7.05 Å². The summed E-state index contributed by atoms with van der Waals surface area (Å²) in [6, 6.07) is -0.504. The van der Waals surface area contributed by atoms with Gasteiger partial charge in [0.25, 0.3) is 5.19 Å². The van der Waals surface area contributed by atoms with Gasteiger partial charge in [0.15, 0.2) is 6.29 Å². The van der Waals surface area contributed by atoms with Crippen molar-refractivity contribution in [3.05, 3.63) is 0 Å². The molecule has 1 aromatic heterocycles. The average Bonchev–Trinajstić information content (AvgIpc) is 2.77. The zero-order valence-electron chi connectivity index (χ0n) is 12.4. The molecular weight excluding hydrogens is 296 g/mol. The highest BCUT2D eigenvalue weighted by molar-refractivity contribution is 7.17. The van der Waals surface area contributed by atoms with Gasteiger partial charge >= 0.3 is 6.03 Å². The van der Waals surface area contributed by atoms with E-state index in [0.29, 0.717) is 23.5 Å². The number of hydrogen-bond acceptors (Lipinski definition) is 7. The van der Waals surface area contributed by atoms with Gasteiger partial charge in [-0.05, 0) is 31.1 Å². The summed E-state index contributed by atoms with van der Waals surface area (Å²) in [6.07, 6.45) is 1.54. The van der Waals surface area contributed by atoms with E-state index in [1.165, 1.54) is 12.0 Å². The van der Waals surface area contributed by atoms with Crippen LogP contribution in [0.3, 0.4) is 0 Å². The van der Waals surface area contributed by atoms with Crippen molar-refractivity contribution in [2.75, 3.05) is 32.7 Å². The Balaban J connectivity index is 1.90. The molecule has 8 nitrogen and oxygen atoms in total. The van der Waals surface area contributed by atoms with Crippen LogP contribution in [0.1, 0.15) is 19.8 Å². The molecule has 2 heterocycles. The minimum Gasteiger partial charge on any atom is -0.472 e. The molecule has 1 aromatic rings. The van der Waals surface area contributed by atoms with Crippen molar-refractivity contribution >= 4 is 22.5 Å². The van der Waals surface area contributed by atoms with Crippen LogP contribution in [0.15, 0.2) is 0 Å². The number of aromatic nitrogens is 2. The summed E-state index contributed by atoms with van der Waals surface area (Å²) in [6.45, 7) is 3.19. The predicted molar refractivity (Wildman–Crippen MR) is 77.6 cm³/mol. The lowest BCUT2D eigenvalue weighted by Crippen LogP contribution is -2.46. The van der Waals surface area contributed by atoms with Crippen molar-refractivity contribution in [1.29, 1.82) is 0 Å². The molecule has 0 spiro atoms. The molecule has 1 aliphatic rings. The second-order valence-electron chi connectivity index (χ2n) is 4.68. The fourth-order valence-corrected chi connectivity index (χ4v) is 2.37. The molecule has 0 bridgehead atoms. The lowest BCUT2D eigenvalue weighted by atomic mass is 10.3. The topological polar surface area (TPSA) is 85.8 Å². The molecule has 1 fully saturated rings. The van der Waals surface area contributed by atoms with Gasteiger partial charge in [0.2, 0.25) is 5.13 Å². The summed E-state index contributed by atoms with van der Waals surface area (Å²) in [5.74, 6) is 0. The third-order valence-electron chi connectivity index (χ3n) is 3.22. The second kappa shape index (κ2) is 7.53. The number of nitrogens with one attached hydrogen (secondary N) is 1. The summed E-state index contributed by atoms with van der Waals surface area (Å²) in [5, 5.41) is 11.0. The number of hydrogen-bond donors (Lipinski definition) is 1. The first kappa shape index (κ1) is 15.9. The molecule has 0 radical (unpaired) electrons. The number of amides is 2. The van der Waals surface area contributed by atoms with Gasteiger partial charge in [0, 0.05) is 20.3 Å². The first-order chi connectivity index (χ1) is 10.1. The second-order valence-corrected chi connectivity index (χ2v) is 5.62.